The second-order valence-corrected chi connectivity index (χ2v) is 5.82. The summed E-state index contributed by atoms with van der Waals surface area (Å²) in [5.74, 6) is 0. The lowest BCUT2D eigenvalue weighted by Crippen LogP contribution is -2.32. The summed E-state index contributed by atoms with van der Waals surface area (Å²) in [6, 6.07) is 0. The molecule has 0 aliphatic heterocycles. The molecule has 1 rings (SSSR count). The Balaban J connectivity index is 2.28. The fourth-order valence-electron chi connectivity index (χ4n) is 2.11. The minimum atomic E-state index is -1.84. The van der Waals surface area contributed by atoms with Crippen LogP contribution in [0.15, 0.2) is 0 Å². The average molecular weight is 246 g/mol. The molecular formula is C12H26O3Si. The van der Waals surface area contributed by atoms with Crippen LogP contribution in [-0.2, 0) is 13.3 Å². The predicted octanol–water partition coefficient (Wildman–Crippen LogP) is 2.91. The molecule has 1 saturated carbocycles. The van der Waals surface area contributed by atoms with Crippen LogP contribution in [0.3, 0.4) is 0 Å². The van der Waals surface area contributed by atoms with Gasteiger partial charge in [0.05, 0.1) is 0 Å². The molecule has 16 heavy (non-hydrogen) atoms. The van der Waals surface area contributed by atoms with Gasteiger partial charge in [0.15, 0.2) is 0 Å². The van der Waals surface area contributed by atoms with E-state index in [1.807, 2.05) is 13.8 Å². The van der Waals surface area contributed by atoms with Crippen molar-refractivity contribution in [3.63, 3.8) is 0 Å². The van der Waals surface area contributed by atoms with Crippen LogP contribution in [0.25, 0.3) is 0 Å². The molecule has 1 fully saturated rings. The van der Waals surface area contributed by atoms with Gasteiger partial charge >= 0.3 is 9.53 Å². The van der Waals surface area contributed by atoms with Gasteiger partial charge in [-0.25, -0.2) is 0 Å². The largest absolute Gasteiger partial charge is 0.484 e. The Bertz CT molecular complexity index is 152. The highest BCUT2D eigenvalue weighted by Crippen LogP contribution is 2.20. The van der Waals surface area contributed by atoms with Crippen molar-refractivity contribution in [2.24, 2.45) is 0 Å². The minimum Gasteiger partial charge on any atom is -0.376 e. The van der Waals surface area contributed by atoms with Crippen LogP contribution in [0.2, 0.25) is 0 Å². The van der Waals surface area contributed by atoms with E-state index in [0.29, 0.717) is 19.3 Å². The van der Waals surface area contributed by atoms with Gasteiger partial charge in [0.25, 0.3) is 0 Å². The summed E-state index contributed by atoms with van der Waals surface area (Å²) in [7, 11) is -1.84. The number of hydrogen-bond donors (Lipinski definition) is 0. The molecule has 4 heteroatoms. The first-order chi connectivity index (χ1) is 7.86. The maximum atomic E-state index is 6.00. The summed E-state index contributed by atoms with van der Waals surface area (Å²) < 4.78 is 17.1. The van der Waals surface area contributed by atoms with E-state index in [4.69, 9.17) is 13.3 Å². The third-order valence-corrected chi connectivity index (χ3v) is 4.78. The zero-order valence-corrected chi connectivity index (χ0v) is 11.9. The van der Waals surface area contributed by atoms with E-state index < -0.39 is 9.53 Å². The van der Waals surface area contributed by atoms with Crippen LogP contribution in [-0.4, -0.2) is 28.8 Å². The molecule has 96 valence electrons. The smallest absolute Gasteiger partial charge is 0.376 e. The maximum absolute atomic E-state index is 6.00. The molecule has 0 atom stereocenters. The highest BCUT2D eigenvalue weighted by molar-refractivity contribution is 6.36. The van der Waals surface area contributed by atoms with Crippen LogP contribution in [0.5, 0.6) is 0 Å². The Morgan fingerprint density at radius 3 is 1.88 bits per heavy atom. The summed E-state index contributed by atoms with van der Waals surface area (Å²) in [5, 5.41) is 0. The standard InChI is InChI=1S/C12H26O3Si/c1-3-13-16(14-4-2)15-12-10-8-6-5-7-9-11-12/h12,16H,3-11H2,1-2H3. The summed E-state index contributed by atoms with van der Waals surface area (Å²) >= 11 is 0. The molecule has 0 aromatic heterocycles. The van der Waals surface area contributed by atoms with E-state index in [1.54, 1.807) is 0 Å². The van der Waals surface area contributed by atoms with Crippen molar-refractivity contribution in [1.29, 1.82) is 0 Å². The molecule has 0 spiro atoms. The predicted molar refractivity (Wildman–Crippen MR) is 67.6 cm³/mol. The lowest BCUT2D eigenvalue weighted by atomic mass is 9.99. The van der Waals surface area contributed by atoms with E-state index in [9.17, 15) is 0 Å². The maximum Gasteiger partial charge on any atom is 0.484 e. The lowest BCUT2D eigenvalue weighted by Gasteiger charge is -2.24. The van der Waals surface area contributed by atoms with Crippen LogP contribution < -0.4 is 0 Å². The van der Waals surface area contributed by atoms with Crippen molar-refractivity contribution in [2.45, 2.75) is 64.9 Å². The van der Waals surface area contributed by atoms with Gasteiger partial charge < -0.3 is 13.3 Å². The molecular weight excluding hydrogens is 220 g/mol. The van der Waals surface area contributed by atoms with Crippen LogP contribution in [0.4, 0.5) is 0 Å². The van der Waals surface area contributed by atoms with E-state index >= 15 is 0 Å². The van der Waals surface area contributed by atoms with Crippen molar-refractivity contribution >= 4 is 9.53 Å². The second kappa shape index (κ2) is 9.16. The number of rotatable bonds is 6. The summed E-state index contributed by atoms with van der Waals surface area (Å²) in [6.07, 6.45) is 9.45. The minimum absolute atomic E-state index is 0.384. The molecule has 0 bridgehead atoms. The van der Waals surface area contributed by atoms with Crippen molar-refractivity contribution in [1.82, 2.24) is 0 Å². The average Bonchev–Trinajstić information content (AvgIpc) is 2.22. The Morgan fingerprint density at radius 2 is 1.38 bits per heavy atom. The fraction of sp³-hybridized carbons (Fsp3) is 1.00. The van der Waals surface area contributed by atoms with Gasteiger partial charge in [-0.2, -0.15) is 0 Å². The highest BCUT2D eigenvalue weighted by atomic mass is 28.3. The summed E-state index contributed by atoms with van der Waals surface area (Å²) in [5.41, 5.74) is 0. The summed E-state index contributed by atoms with van der Waals surface area (Å²) in [6.45, 7) is 5.40. The molecule has 0 heterocycles. The first kappa shape index (κ1) is 14.2. The fourth-order valence-corrected chi connectivity index (χ4v) is 3.49. The van der Waals surface area contributed by atoms with E-state index in [2.05, 4.69) is 0 Å². The molecule has 0 unspecified atom stereocenters. The monoisotopic (exact) mass is 246 g/mol. The molecule has 0 aromatic carbocycles. The molecule has 0 aromatic rings. The van der Waals surface area contributed by atoms with Crippen molar-refractivity contribution < 1.29 is 13.3 Å². The Labute approximate surface area is 101 Å². The normalized spacial score (nSPS) is 19.7. The van der Waals surface area contributed by atoms with Crippen LogP contribution in [0.1, 0.15) is 58.8 Å². The second-order valence-electron chi connectivity index (χ2n) is 4.30. The Morgan fingerprint density at radius 1 is 0.875 bits per heavy atom. The van der Waals surface area contributed by atoms with Crippen LogP contribution in [0, 0.1) is 0 Å². The highest BCUT2D eigenvalue weighted by Gasteiger charge is 2.21. The topological polar surface area (TPSA) is 27.7 Å². The summed E-state index contributed by atoms with van der Waals surface area (Å²) in [4.78, 5) is 0. The molecule has 0 saturated heterocycles. The van der Waals surface area contributed by atoms with E-state index in [1.165, 1.54) is 44.9 Å². The zero-order valence-electron chi connectivity index (χ0n) is 10.7. The van der Waals surface area contributed by atoms with Gasteiger partial charge in [0.2, 0.25) is 0 Å². The SMILES string of the molecule is CCO[SiH](OCC)OC1CCCCCCC1. The van der Waals surface area contributed by atoms with Gasteiger partial charge in [-0.1, -0.05) is 32.1 Å². The van der Waals surface area contributed by atoms with Crippen molar-refractivity contribution in [2.75, 3.05) is 13.2 Å². The van der Waals surface area contributed by atoms with Gasteiger partial charge in [0.1, 0.15) is 0 Å². The van der Waals surface area contributed by atoms with E-state index in [-0.39, 0.29) is 0 Å². The molecule has 0 amide bonds. The van der Waals surface area contributed by atoms with Crippen molar-refractivity contribution in [3.05, 3.63) is 0 Å². The first-order valence-electron chi connectivity index (χ1n) is 6.75. The Hall–Kier alpha value is 0.0969. The van der Waals surface area contributed by atoms with E-state index in [0.717, 1.165) is 0 Å². The molecule has 1 aliphatic carbocycles. The lowest BCUT2D eigenvalue weighted by molar-refractivity contribution is 0.0516. The zero-order chi connectivity index (χ0) is 11.6. The third kappa shape index (κ3) is 5.99. The van der Waals surface area contributed by atoms with Gasteiger partial charge in [0, 0.05) is 19.3 Å². The molecule has 1 aliphatic rings. The molecule has 0 N–H and O–H groups in total. The van der Waals surface area contributed by atoms with Gasteiger partial charge in [-0.15, -0.1) is 0 Å². The first-order valence-corrected chi connectivity index (χ1v) is 8.17. The molecule has 0 radical (unpaired) electrons. The van der Waals surface area contributed by atoms with Crippen molar-refractivity contribution in [3.8, 4) is 0 Å². The molecule has 3 nitrogen and oxygen atoms in total. The third-order valence-electron chi connectivity index (χ3n) is 2.96. The Kier molecular flexibility index (Phi) is 8.11. The van der Waals surface area contributed by atoms with Gasteiger partial charge in [-0.05, 0) is 26.7 Å². The van der Waals surface area contributed by atoms with Gasteiger partial charge in [-0.3, -0.25) is 0 Å². The number of hydrogen-bond acceptors (Lipinski definition) is 3. The van der Waals surface area contributed by atoms with Crippen LogP contribution >= 0.6 is 0 Å². The quantitative estimate of drug-likeness (QED) is 0.674.